The molecule has 1 aromatic rings. The standard InChI is InChI=1S/C23H37N5O2/c24-21-3-2-20(17-28(18-21)22-6-14-30-15-7-22)23(29)27-11-1-10-26(12-13-27)16-19-4-8-25-9-5-19/h4-5,8-9,20-22H,1-3,6-7,10-18,24H2/t20-,21+/m1/s1. The van der Waals surface area contributed by atoms with Crippen LogP contribution >= 0.6 is 0 Å². The van der Waals surface area contributed by atoms with E-state index in [1.165, 1.54) is 5.56 Å². The van der Waals surface area contributed by atoms with Gasteiger partial charge in [-0.25, -0.2) is 0 Å². The predicted octanol–water partition coefficient (Wildman–Crippen LogP) is 1.33. The molecule has 3 aliphatic heterocycles. The fraction of sp³-hybridized carbons (Fsp3) is 0.739. The largest absolute Gasteiger partial charge is 0.381 e. The third-order valence-corrected chi connectivity index (χ3v) is 6.92. The van der Waals surface area contributed by atoms with Crippen molar-refractivity contribution in [1.29, 1.82) is 0 Å². The molecule has 2 atom stereocenters. The second-order valence-corrected chi connectivity index (χ2v) is 9.14. The maximum Gasteiger partial charge on any atom is 0.227 e. The smallest absolute Gasteiger partial charge is 0.227 e. The van der Waals surface area contributed by atoms with E-state index in [1.807, 2.05) is 12.4 Å². The molecule has 0 aromatic carbocycles. The molecular formula is C23H37N5O2. The van der Waals surface area contributed by atoms with Gasteiger partial charge in [0.05, 0.1) is 5.92 Å². The van der Waals surface area contributed by atoms with Gasteiger partial charge >= 0.3 is 0 Å². The fourth-order valence-electron chi connectivity index (χ4n) is 5.16. The lowest BCUT2D eigenvalue weighted by atomic mass is 9.99. The molecular weight excluding hydrogens is 378 g/mol. The van der Waals surface area contributed by atoms with Crippen molar-refractivity contribution in [1.82, 2.24) is 19.7 Å². The SMILES string of the molecule is N[C@H]1CC[C@@H](C(=O)N2CCCN(Cc3ccncc3)CC2)CN(C2CCOCC2)C1. The first-order valence-electron chi connectivity index (χ1n) is 11.7. The molecule has 3 saturated heterocycles. The Kier molecular flexibility index (Phi) is 7.71. The summed E-state index contributed by atoms with van der Waals surface area (Å²) in [6, 6.07) is 4.84. The van der Waals surface area contributed by atoms with Crippen molar-refractivity contribution < 1.29 is 9.53 Å². The van der Waals surface area contributed by atoms with Gasteiger partial charge in [0.2, 0.25) is 5.91 Å². The summed E-state index contributed by atoms with van der Waals surface area (Å²) in [4.78, 5) is 24.6. The van der Waals surface area contributed by atoms with Crippen molar-refractivity contribution in [3.05, 3.63) is 30.1 Å². The van der Waals surface area contributed by atoms with Crippen LogP contribution in [0.25, 0.3) is 0 Å². The maximum absolute atomic E-state index is 13.5. The van der Waals surface area contributed by atoms with Crippen LogP contribution in [-0.4, -0.2) is 90.2 Å². The van der Waals surface area contributed by atoms with Crippen molar-refractivity contribution in [2.75, 3.05) is 52.5 Å². The zero-order chi connectivity index (χ0) is 20.8. The van der Waals surface area contributed by atoms with E-state index in [9.17, 15) is 4.79 Å². The normalized spacial score (nSPS) is 28.1. The summed E-state index contributed by atoms with van der Waals surface area (Å²) in [5, 5.41) is 0. The number of rotatable bonds is 4. The number of likely N-dealkylation sites (tertiary alicyclic amines) is 1. The Morgan fingerprint density at radius 2 is 1.83 bits per heavy atom. The van der Waals surface area contributed by atoms with Gasteiger partial charge in [0.1, 0.15) is 0 Å². The highest BCUT2D eigenvalue weighted by molar-refractivity contribution is 5.79. The number of carbonyl (C=O) groups is 1. The van der Waals surface area contributed by atoms with Gasteiger partial charge in [-0.3, -0.25) is 19.6 Å². The van der Waals surface area contributed by atoms with Crippen molar-refractivity contribution in [3.63, 3.8) is 0 Å². The van der Waals surface area contributed by atoms with Gasteiger partial charge in [-0.2, -0.15) is 0 Å². The number of amides is 1. The highest BCUT2D eigenvalue weighted by Gasteiger charge is 2.34. The van der Waals surface area contributed by atoms with Crippen LogP contribution in [-0.2, 0) is 16.1 Å². The summed E-state index contributed by atoms with van der Waals surface area (Å²) < 4.78 is 5.54. The molecule has 0 bridgehead atoms. The summed E-state index contributed by atoms with van der Waals surface area (Å²) in [7, 11) is 0. The Labute approximate surface area is 180 Å². The second kappa shape index (κ2) is 10.7. The number of nitrogens with two attached hydrogens (primary N) is 1. The average Bonchev–Trinajstić information content (AvgIpc) is 3.13. The monoisotopic (exact) mass is 415 g/mol. The van der Waals surface area contributed by atoms with Crippen LogP contribution in [0, 0.1) is 5.92 Å². The highest BCUT2D eigenvalue weighted by atomic mass is 16.5. The molecule has 2 N–H and O–H groups in total. The Morgan fingerprint density at radius 3 is 2.63 bits per heavy atom. The molecule has 4 rings (SSSR count). The van der Waals surface area contributed by atoms with E-state index in [4.69, 9.17) is 10.5 Å². The number of hydrogen-bond acceptors (Lipinski definition) is 6. The summed E-state index contributed by atoms with van der Waals surface area (Å²) in [5.74, 6) is 0.417. The Morgan fingerprint density at radius 1 is 1.03 bits per heavy atom. The molecule has 3 aliphatic rings. The molecule has 0 unspecified atom stereocenters. The van der Waals surface area contributed by atoms with Crippen LogP contribution in [0.4, 0.5) is 0 Å². The molecule has 166 valence electrons. The van der Waals surface area contributed by atoms with Gasteiger partial charge in [0.15, 0.2) is 0 Å². The molecule has 0 radical (unpaired) electrons. The van der Waals surface area contributed by atoms with Crippen molar-refractivity contribution in [2.24, 2.45) is 11.7 Å². The zero-order valence-corrected chi connectivity index (χ0v) is 18.1. The van der Waals surface area contributed by atoms with Gasteiger partial charge in [0, 0.05) is 83.5 Å². The lowest BCUT2D eigenvalue weighted by molar-refractivity contribution is -0.136. The molecule has 30 heavy (non-hydrogen) atoms. The molecule has 4 heterocycles. The summed E-state index contributed by atoms with van der Waals surface area (Å²) in [5.41, 5.74) is 7.67. The third kappa shape index (κ3) is 5.78. The fourth-order valence-corrected chi connectivity index (χ4v) is 5.16. The van der Waals surface area contributed by atoms with Crippen LogP contribution in [0.1, 0.15) is 37.7 Å². The molecule has 0 saturated carbocycles. The van der Waals surface area contributed by atoms with E-state index in [1.54, 1.807) is 0 Å². The Balaban J connectivity index is 1.34. The van der Waals surface area contributed by atoms with Gasteiger partial charge in [-0.1, -0.05) is 0 Å². The Hall–Kier alpha value is -1.54. The molecule has 7 nitrogen and oxygen atoms in total. The van der Waals surface area contributed by atoms with Crippen molar-refractivity contribution in [2.45, 2.75) is 50.7 Å². The zero-order valence-electron chi connectivity index (χ0n) is 18.1. The van der Waals surface area contributed by atoms with E-state index in [2.05, 4.69) is 31.8 Å². The summed E-state index contributed by atoms with van der Waals surface area (Å²) in [6.45, 7) is 8.01. The number of nitrogens with zero attached hydrogens (tertiary/aromatic N) is 4. The number of pyridine rings is 1. The van der Waals surface area contributed by atoms with Crippen LogP contribution in [0.3, 0.4) is 0 Å². The minimum atomic E-state index is 0.0770. The molecule has 3 fully saturated rings. The predicted molar refractivity (Wildman–Crippen MR) is 117 cm³/mol. The first-order valence-corrected chi connectivity index (χ1v) is 11.7. The number of ether oxygens (including phenoxy) is 1. The number of carbonyl (C=O) groups excluding carboxylic acids is 1. The van der Waals surface area contributed by atoms with E-state index in [0.29, 0.717) is 11.9 Å². The van der Waals surface area contributed by atoms with Crippen molar-refractivity contribution >= 4 is 5.91 Å². The van der Waals surface area contributed by atoms with Gasteiger partial charge < -0.3 is 15.4 Å². The van der Waals surface area contributed by atoms with Crippen LogP contribution in [0.5, 0.6) is 0 Å². The molecule has 0 aliphatic carbocycles. The molecule has 1 aromatic heterocycles. The van der Waals surface area contributed by atoms with Gasteiger partial charge in [-0.15, -0.1) is 0 Å². The maximum atomic E-state index is 13.5. The third-order valence-electron chi connectivity index (χ3n) is 6.92. The summed E-state index contributed by atoms with van der Waals surface area (Å²) in [6.07, 6.45) is 8.71. The number of aromatic nitrogens is 1. The van der Waals surface area contributed by atoms with Crippen LogP contribution < -0.4 is 5.73 Å². The second-order valence-electron chi connectivity index (χ2n) is 9.14. The lowest BCUT2D eigenvalue weighted by Crippen LogP contribution is -2.48. The lowest BCUT2D eigenvalue weighted by Gasteiger charge is -2.36. The van der Waals surface area contributed by atoms with Crippen LogP contribution in [0.15, 0.2) is 24.5 Å². The topological polar surface area (TPSA) is 74.9 Å². The number of hydrogen-bond donors (Lipinski definition) is 1. The first kappa shape index (κ1) is 21.7. The first-order chi connectivity index (χ1) is 14.7. The average molecular weight is 416 g/mol. The van der Waals surface area contributed by atoms with Gasteiger partial charge in [0.25, 0.3) is 0 Å². The molecule has 0 spiro atoms. The molecule has 1 amide bonds. The minimum Gasteiger partial charge on any atom is -0.381 e. The van der Waals surface area contributed by atoms with Crippen LogP contribution in [0.2, 0.25) is 0 Å². The van der Waals surface area contributed by atoms with E-state index >= 15 is 0 Å². The quantitative estimate of drug-likeness (QED) is 0.800. The molecule has 7 heteroatoms. The van der Waals surface area contributed by atoms with E-state index < -0.39 is 0 Å². The van der Waals surface area contributed by atoms with Gasteiger partial charge in [-0.05, 0) is 49.8 Å². The van der Waals surface area contributed by atoms with E-state index in [-0.39, 0.29) is 12.0 Å². The Bertz CT molecular complexity index is 667. The van der Waals surface area contributed by atoms with E-state index in [0.717, 1.165) is 91.1 Å². The highest BCUT2D eigenvalue weighted by Crippen LogP contribution is 2.24. The summed E-state index contributed by atoms with van der Waals surface area (Å²) >= 11 is 0. The van der Waals surface area contributed by atoms with Crippen molar-refractivity contribution in [3.8, 4) is 0 Å². The minimum absolute atomic E-state index is 0.0770.